The van der Waals surface area contributed by atoms with Gasteiger partial charge in [-0.15, -0.1) is 12.4 Å². The molecule has 1 fully saturated rings. The lowest BCUT2D eigenvalue weighted by Gasteiger charge is -2.15. The van der Waals surface area contributed by atoms with Crippen LogP contribution >= 0.6 is 12.4 Å². The second kappa shape index (κ2) is 6.00. The predicted octanol–water partition coefficient (Wildman–Crippen LogP) is 0.877. The summed E-state index contributed by atoms with van der Waals surface area (Å²) in [5.74, 6) is -1.17. The van der Waals surface area contributed by atoms with Crippen LogP contribution in [0.25, 0.3) is 0 Å². The quantitative estimate of drug-likeness (QED) is 0.655. The van der Waals surface area contributed by atoms with Gasteiger partial charge in [0.05, 0.1) is 4.92 Å². The molecule has 1 aliphatic rings. The zero-order valence-corrected chi connectivity index (χ0v) is 11.9. The van der Waals surface area contributed by atoms with Gasteiger partial charge in [0, 0.05) is 19.1 Å². The Morgan fingerprint density at radius 3 is 2.60 bits per heavy atom. The molecule has 20 heavy (non-hydrogen) atoms. The minimum absolute atomic E-state index is 0. The Balaban J connectivity index is 0.00000200. The fourth-order valence-electron chi connectivity index (χ4n) is 1.99. The summed E-state index contributed by atoms with van der Waals surface area (Å²) in [5.41, 5.74) is 4.59. The van der Waals surface area contributed by atoms with Crippen LogP contribution in [0, 0.1) is 15.9 Å². The van der Waals surface area contributed by atoms with E-state index in [0.717, 1.165) is 22.5 Å². The highest BCUT2D eigenvalue weighted by atomic mass is 35.5. The largest absolute Gasteiger partial charge is 0.326 e. The normalized spacial score (nSPS) is 19.6. The summed E-state index contributed by atoms with van der Waals surface area (Å²) >= 11 is 0. The number of nitro benzene ring substituents is 1. The van der Waals surface area contributed by atoms with Gasteiger partial charge in [0.15, 0.2) is 4.90 Å². The first kappa shape index (κ1) is 16.8. The third-order valence-electron chi connectivity index (χ3n) is 2.94. The summed E-state index contributed by atoms with van der Waals surface area (Å²) in [6.45, 7) is 0.257. The van der Waals surface area contributed by atoms with E-state index in [9.17, 15) is 22.9 Å². The second-order valence-electron chi connectivity index (χ2n) is 4.26. The summed E-state index contributed by atoms with van der Waals surface area (Å²) in [5, 5.41) is 10.8. The van der Waals surface area contributed by atoms with E-state index in [1.807, 2.05) is 0 Å². The number of nitrogens with two attached hydrogens (primary N) is 1. The molecule has 1 saturated heterocycles. The van der Waals surface area contributed by atoms with Crippen molar-refractivity contribution in [3.8, 4) is 0 Å². The summed E-state index contributed by atoms with van der Waals surface area (Å²) in [7, 11) is -4.10. The van der Waals surface area contributed by atoms with E-state index in [-0.39, 0.29) is 31.5 Å². The molecule has 7 nitrogen and oxygen atoms in total. The van der Waals surface area contributed by atoms with Gasteiger partial charge in [0.25, 0.3) is 0 Å². The van der Waals surface area contributed by atoms with Gasteiger partial charge in [-0.25, -0.2) is 8.42 Å². The van der Waals surface area contributed by atoms with Crippen molar-refractivity contribution in [3.05, 3.63) is 34.1 Å². The van der Waals surface area contributed by atoms with E-state index in [2.05, 4.69) is 0 Å². The molecule has 1 unspecified atom stereocenters. The van der Waals surface area contributed by atoms with E-state index in [1.54, 1.807) is 0 Å². The van der Waals surface area contributed by atoms with Crippen LogP contribution in [0.1, 0.15) is 6.42 Å². The minimum Gasteiger partial charge on any atom is -0.326 e. The van der Waals surface area contributed by atoms with Crippen LogP contribution in [0.2, 0.25) is 0 Å². The standard InChI is InChI=1S/C10H12FN3O4S.ClH/c11-8-2-1-3-9(10(8)14(15)16)19(17,18)13-5-4-7(12)6-13;/h1-3,7H,4-6,12H2;1H. The molecule has 1 aromatic rings. The predicted molar refractivity (Wildman–Crippen MR) is 71.7 cm³/mol. The molecule has 2 rings (SSSR count). The third kappa shape index (κ3) is 2.90. The molecule has 0 aromatic heterocycles. The third-order valence-corrected chi connectivity index (χ3v) is 4.83. The van der Waals surface area contributed by atoms with Gasteiger partial charge in [-0.05, 0) is 18.6 Å². The number of benzene rings is 1. The SMILES string of the molecule is Cl.NC1CCN(S(=O)(=O)c2cccc(F)c2[N+](=O)[O-])C1. The van der Waals surface area contributed by atoms with Gasteiger partial charge in [-0.1, -0.05) is 6.07 Å². The lowest BCUT2D eigenvalue weighted by Crippen LogP contribution is -2.32. The average molecular weight is 326 g/mol. The number of para-hydroxylation sites is 1. The van der Waals surface area contributed by atoms with E-state index in [4.69, 9.17) is 5.73 Å². The molecule has 0 bridgehead atoms. The smallest absolute Gasteiger partial charge is 0.324 e. The first-order valence-corrected chi connectivity index (χ1v) is 6.96. The number of hydrogen-bond acceptors (Lipinski definition) is 5. The van der Waals surface area contributed by atoms with Crippen molar-refractivity contribution in [3.63, 3.8) is 0 Å². The minimum atomic E-state index is -4.10. The first-order valence-electron chi connectivity index (χ1n) is 5.52. The van der Waals surface area contributed by atoms with Crippen LogP contribution in [0.5, 0.6) is 0 Å². The fourth-order valence-corrected chi connectivity index (χ4v) is 3.67. The molecule has 0 amide bonds. The Kier molecular flexibility index (Phi) is 5.03. The monoisotopic (exact) mass is 325 g/mol. The lowest BCUT2D eigenvalue weighted by atomic mass is 10.3. The molecular weight excluding hydrogens is 313 g/mol. The molecule has 1 aliphatic heterocycles. The summed E-state index contributed by atoms with van der Waals surface area (Å²) in [6.07, 6.45) is 0.475. The van der Waals surface area contributed by atoms with Crippen molar-refractivity contribution < 1.29 is 17.7 Å². The molecule has 1 heterocycles. The highest BCUT2D eigenvalue weighted by Gasteiger charge is 2.36. The Hall–Kier alpha value is -1.29. The Bertz CT molecular complexity index is 625. The van der Waals surface area contributed by atoms with Gasteiger partial charge >= 0.3 is 5.69 Å². The summed E-state index contributed by atoms with van der Waals surface area (Å²) in [4.78, 5) is 9.16. The van der Waals surface area contributed by atoms with Gasteiger partial charge in [0.2, 0.25) is 15.8 Å². The maximum Gasteiger partial charge on any atom is 0.324 e. The molecule has 1 atom stereocenters. The summed E-state index contributed by atoms with van der Waals surface area (Å²) in [6, 6.07) is 2.71. The Labute approximate surface area is 121 Å². The number of nitro groups is 1. The van der Waals surface area contributed by atoms with Crippen LogP contribution < -0.4 is 5.73 Å². The molecule has 1 aromatic carbocycles. The molecule has 2 N–H and O–H groups in total. The zero-order valence-electron chi connectivity index (χ0n) is 10.2. The van der Waals surface area contributed by atoms with Crippen LogP contribution in [0.15, 0.2) is 23.1 Å². The van der Waals surface area contributed by atoms with E-state index < -0.39 is 31.3 Å². The number of nitrogens with zero attached hydrogens (tertiary/aromatic N) is 2. The van der Waals surface area contributed by atoms with Crippen LogP contribution in [-0.2, 0) is 10.0 Å². The van der Waals surface area contributed by atoms with E-state index in [1.165, 1.54) is 0 Å². The van der Waals surface area contributed by atoms with Crippen LogP contribution in [0.4, 0.5) is 10.1 Å². The highest BCUT2D eigenvalue weighted by molar-refractivity contribution is 7.89. The molecule has 0 spiro atoms. The fraction of sp³-hybridized carbons (Fsp3) is 0.400. The van der Waals surface area contributed by atoms with Crippen molar-refractivity contribution in [2.45, 2.75) is 17.4 Å². The molecule has 112 valence electrons. The zero-order chi connectivity index (χ0) is 14.2. The number of hydrogen-bond donors (Lipinski definition) is 1. The van der Waals surface area contributed by atoms with Crippen molar-refractivity contribution in [1.82, 2.24) is 4.31 Å². The van der Waals surface area contributed by atoms with Gasteiger partial charge < -0.3 is 5.73 Å². The average Bonchev–Trinajstić information content (AvgIpc) is 2.75. The van der Waals surface area contributed by atoms with Crippen molar-refractivity contribution in [2.75, 3.05) is 13.1 Å². The van der Waals surface area contributed by atoms with Crippen LogP contribution in [-0.4, -0.2) is 36.8 Å². The van der Waals surface area contributed by atoms with Crippen molar-refractivity contribution in [1.29, 1.82) is 0 Å². The lowest BCUT2D eigenvalue weighted by molar-refractivity contribution is -0.390. The molecule has 0 aliphatic carbocycles. The number of rotatable bonds is 3. The van der Waals surface area contributed by atoms with E-state index in [0.29, 0.717) is 6.42 Å². The van der Waals surface area contributed by atoms with E-state index >= 15 is 0 Å². The second-order valence-corrected chi connectivity index (χ2v) is 6.16. The highest BCUT2D eigenvalue weighted by Crippen LogP contribution is 2.30. The first-order chi connectivity index (χ1) is 8.84. The van der Waals surface area contributed by atoms with Crippen LogP contribution in [0.3, 0.4) is 0 Å². The number of sulfonamides is 1. The Morgan fingerprint density at radius 2 is 2.10 bits per heavy atom. The van der Waals surface area contributed by atoms with Gasteiger partial charge in [0.1, 0.15) is 0 Å². The maximum atomic E-state index is 13.4. The van der Waals surface area contributed by atoms with Gasteiger partial charge in [-0.3, -0.25) is 10.1 Å². The van der Waals surface area contributed by atoms with Crippen molar-refractivity contribution >= 4 is 28.1 Å². The number of halogens is 2. The summed E-state index contributed by atoms with van der Waals surface area (Å²) < 4.78 is 39.0. The van der Waals surface area contributed by atoms with Crippen molar-refractivity contribution in [2.24, 2.45) is 5.73 Å². The molecular formula is C10H13ClFN3O4S. The molecule has 10 heteroatoms. The Morgan fingerprint density at radius 1 is 1.45 bits per heavy atom. The maximum absolute atomic E-state index is 13.4. The van der Waals surface area contributed by atoms with Gasteiger partial charge in [-0.2, -0.15) is 8.70 Å². The molecule has 0 radical (unpaired) electrons. The topological polar surface area (TPSA) is 107 Å². The molecule has 0 saturated carbocycles.